The van der Waals surface area contributed by atoms with Crippen molar-refractivity contribution in [2.24, 2.45) is 0 Å². The van der Waals surface area contributed by atoms with Gasteiger partial charge in [0.05, 0.1) is 9.81 Å². The predicted molar refractivity (Wildman–Crippen MR) is 140 cm³/mol. The topological polar surface area (TPSA) is 104 Å². The summed E-state index contributed by atoms with van der Waals surface area (Å²) in [5.74, 6) is -1.13. The minimum atomic E-state index is -0.483. The van der Waals surface area contributed by atoms with Crippen molar-refractivity contribution < 1.29 is 24.0 Å². The molecule has 11 heteroatoms. The van der Waals surface area contributed by atoms with Gasteiger partial charge in [0.15, 0.2) is 0 Å². The molecule has 178 valence electrons. The number of anilines is 1. The van der Waals surface area contributed by atoms with Gasteiger partial charge >= 0.3 is 0 Å². The fourth-order valence-corrected chi connectivity index (χ4v) is 5.31. The molecule has 5 amide bonds. The third kappa shape index (κ3) is 5.92. The number of hydrogen-bond donors (Lipinski definition) is 1. The highest BCUT2D eigenvalue weighted by atomic mass is 79.9. The Kier molecular flexibility index (Phi) is 7.58. The molecular weight excluding hydrogens is 554 g/mol. The van der Waals surface area contributed by atoms with Crippen molar-refractivity contribution in [3.8, 4) is 0 Å². The Morgan fingerprint density at radius 1 is 0.800 bits per heavy atom. The van der Waals surface area contributed by atoms with Gasteiger partial charge in [-0.25, -0.2) is 0 Å². The predicted octanol–water partition coefficient (Wildman–Crippen LogP) is 5.18. The van der Waals surface area contributed by atoms with Gasteiger partial charge in [-0.1, -0.05) is 40.2 Å². The summed E-state index contributed by atoms with van der Waals surface area (Å²) >= 11 is 4.98. The third-order valence-corrected chi connectivity index (χ3v) is 7.33. The van der Waals surface area contributed by atoms with Crippen molar-refractivity contribution in [1.82, 2.24) is 9.80 Å². The molecule has 0 aliphatic carbocycles. The second-order valence-electron chi connectivity index (χ2n) is 7.52. The van der Waals surface area contributed by atoms with Crippen LogP contribution in [-0.2, 0) is 14.4 Å². The van der Waals surface area contributed by atoms with E-state index in [1.165, 1.54) is 6.92 Å². The lowest BCUT2D eigenvalue weighted by atomic mass is 10.2. The van der Waals surface area contributed by atoms with Gasteiger partial charge in [-0.3, -0.25) is 33.8 Å². The molecule has 35 heavy (non-hydrogen) atoms. The fourth-order valence-electron chi connectivity index (χ4n) is 3.31. The van der Waals surface area contributed by atoms with Gasteiger partial charge < -0.3 is 5.32 Å². The molecule has 8 nitrogen and oxygen atoms in total. The van der Waals surface area contributed by atoms with Crippen molar-refractivity contribution in [1.29, 1.82) is 0 Å². The lowest BCUT2D eigenvalue weighted by Crippen LogP contribution is -2.39. The fraction of sp³-hybridized carbons (Fsp3) is 0.125. The lowest BCUT2D eigenvalue weighted by Gasteiger charge is -2.17. The summed E-state index contributed by atoms with van der Waals surface area (Å²) in [5, 5.41) is 1.75. The zero-order valence-electron chi connectivity index (χ0n) is 18.3. The van der Waals surface area contributed by atoms with Crippen LogP contribution < -0.4 is 5.32 Å². The van der Waals surface area contributed by atoms with Crippen LogP contribution in [-0.4, -0.2) is 51.1 Å². The maximum atomic E-state index is 12.8. The van der Waals surface area contributed by atoms with Crippen molar-refractivity contribution in [3.05, 3.63) is 73.9 Å². The van der Waals surface area contributed by atoms with Crippen molar-refractivity contribution in [2.45, 2.75) is 6.92 Å². The van der Waals surface area contributed by atoms with Gasteiger partial charge in [0.2, 0.25) is 5.91 Å². The molecule has 0 radical (unpaired) electrons. The maximum Gasteiger partial charge on any atom is 0.293 e. The summed E-state index contributed by atoms with van der Waals surface area (Å²) in [7, 11) is 0. The molecule has 2 aliphatic rings. The van der Waals surface area contributed by atoms with Gasteiger partial charge in [-0.05, 0) is 71.1 Å². The van der Waals surface area contributed by atoms with Gasteiger partial charge in [-0.2, -0.15) is 0 Å². The van der Waals surface area contributed by atoms with E-state index in [1.807, 2.05) is 24.3 Å². The normalized spacial score (nSPS) is 18.3. The van der Waals surface area contributed by atoms with Gasteiger partial charge in [0, 0.05) is 30.2 Å². The van der Waals surface area contributed by atoms with Gasteiger partial charge in [-0.15, -0.1) is 0 Å². The summed E-state index contributed by atoms with van der Waals surface area (Å²) in [6.45, 7) is 1.23. The Balaban J connectivity index is 1.40. The highest BCUT2D eigenvalue weighted by Gasteiger charge is 2.39. The van der Waals surface area contributed by atoms with Crippen LogP contribution in [0.5, 0.6) is 0 Å². The molecule has 0 aromatic heterocycles. The average molecular weight is 572 g/mol. The smallest absolute Gasteiger partial charge is 0.293 e. The van der Waals surface area contributed by atoms with E-state index in [0.29, 0.717) is 11.3 Å². The Bertz CT molecular complexity index is 1290. The molecule has 2 heterocycles. The Labute approximate surface area is 217 Å². The van der Waals surface area contributed by atoms with Crippen LogP contribution in [0.25, 0.3) is 12.2 Å². The van der Waals surface area contributed by atoms with Crippen LogP contribution in [0.4, 0.5) is 15.3 Å². The molecule has 2 aromatic carbocycles. The van der Waals surface area contributed by atoms with E-state index >= 15 is 0 Å². The zero-order chi connectivity index (χ0) is 25.1. The molecule has 0 unspecified atom stereocenters. The minimum Gasteiger partial charge on any atom is -0.326 e. The standard InChI is InChI=1S/C24H18BrN3O5S2/c1-14(29)26-18-8-4-16(5-9-18)13-20-22(31)28(24(33)35-20)11-10-27-21(30)19(34-23(27)32)12-15-2-6-17(25)7-3-15/h2-9,12-13H,10-11H2,1H3,(H,26,29). The van der Waals surface area contributed by atoms with Crippen LogP contribution in [0.1, 0.15) is 18.1 Å². The van der Waals surface area contributed by atoms with Crippen molar-refractivity contribution >= 4 is 85.5 Å². The van der Waals surface area contributed by atoms with Gasteiger partial charge in [0.25, 0.3) is 22.3 Å². The Hall–Kier alpha value is -3.15. The minimum absolute atomic E-state index is 0.0842. The molecule has 2 aromatic rings. The van der Waals surface area contributed by atoms with E-state index in [-0.39, 0.29) is 28.8 Å². The number of amides is 5. The van der Waals surface area contributed by atoms with E-state index < -0.39 is 22.3 Å². The quantitative estimate of drug-likeness (QED) is 0.476. The number of nitrogens with one attached hydrogen (secondary N) is 1. The molecule has 2 saturated heterocycles. The number of imide groups is 2. The van der Waals surface area contributed by atoms with E-state index in [1.54, 1.807) is 36.4 Å². The largest absolute Gasteiger partial charge is 0.326 e. The molecule has 0 spiro atoms. The Morgan fingerprint density at radius 3 is 1.66 bits per heavy atom. The SMILES string of the molecule is CC(=O)Nc1ccc(C=C2SC(=O)N(CCN3C(=O)SC(=Cc4ccc(Br)cc4)C3=O)C2=O)cc1. The lowest BCUT2D eigenvalue weighted by molar-refractivity contribution is -0.125. The molecule has 0 bridgehead atoms. The first-order valence-electron chi connectivity index (χ1n) is 10.4. The Morgan fingerprint density at radius 2 is 1.23 bits per heavy atom. The van der Waals surface area contributed by atoms with Crippen LogP contribution in [0, 0.1) is 0 Å². The summed E-state index contributed by atoms with van der Waals surface area (Å²) in [6.07, 6.45) is 3.22. The van der Waals surface area contributed by atoms with Crippen LogP contribution in [0.2, 0.25) is 0 Å². The monoisotopic (exact) mass is 571 g/mol. The second-order valence-corrected chi connectivity index (χ2v) is 10.4. The molecule has 1 N–H and O–H groups in total. The number of rotatable bonds is 6. The first-order chi connectivity index (χ1) is 16.7. The van der Waals surface area contributed by atoms with Crippen LogP contribution in [0.3, 0.4) is 0 Å². The zero-order valence-corrected chi connectivity index (χ0v) is 21.5. The number of carbonyl (C=O) groups is 5. The van der Waals surface area contributed by atoms with E-state index in [0.717, 1.165) is 43.4 Å². The summed E-state index contributed by atoms with van der Waals surface area (Å²) in [4.78, 5) is 64.1. The number of thioether (sulfide) groups is 2. The number of halogens is 1. The van der Waals surface area contributed by atoms with E-state index in [2.05, 4.69) is 21.2 Å². The van der Waals surface area contributed by atoms with Crippen molar-refractivity contribution in [3.63, 3.8) is 0 Å². The summed E-state index contributed by atoms with van der Waals surface area (Å²) < 4.78 is 0.899. The van der Waals surface area contributed by atoms with Gasteiger partial charge in [0.1, 0.15) is 0 Å². The van der Waals surface area contributed by atoms with Crippen LogP contribution >= 0.6 is 39.5 Å². The summed E-state index contributed by atoms with van der Waals surface area (Å²) in [5.41, 5.74) is 2.09. The number of carbonyl (C=O) groups excluding carboxylic acids is 5. The summed E-state index contributed by atoms with van der Waals surface area (Å²) in [6, 6.07) is 14.1. The van der Waals surface area contributed by atoms with E-state index in [4.69, 9.17) is 0 Å². The number of nitrogens with zero attached hydrogens (tertiary/aromatic N) is 2. The maximum absolute atomic E-state index is 12.8. The molecule has 0 atom stereocenters. The second kappa shape index (κ2) is 10.6. The molecule has 0 saturated carbocycles. The molecule has 2 fully saturated rings. The molecule has 2 aliphatic heterocycles. The number of hydrogen-bond acceptors (Lipinski definition) is 7. The first kappa shape index (κ1) is 25.0. The third-order valence-electron chi connectivity index (χ3n) is 4.99. The van der Waals surface area contributed by atoms with Crippen LogP contribution in [0.15, 0.2) is 62.8 Å². The van der Waals surface area contributed by atoms with E-state index in [9.17, 15) is 24.0 Å². The first-order valence-corrected chi connectivity index (χ1v) is 12.8. The average Bonchev–Trinajstić information content (AvgIpc) is 3.23. The highest BCUT2D eigenvalue weighted by molar-refractivity contribution is 9.10. The molecule has 4 rings (SSSR count). The number of benzene rings is 2. The molecular formula is C24H18BrN3O5S2. The van der Waals surface area contributed by atoms with Crippen molar-refractivity contribution in [2.75, 3.05) is 18.4 Å². The highest BCUT2D eigenvalue weighted by Crippen LogP contribution is 2.34.